The van der Waals surface area contributed by atoms with Crippen molar-refractivity contribution in [2.45, 2.75) is 29.8 Å². The number of hydrogen-bond acceptors (Lipinski definition) is 5. The summed E-state index contributed by atoms with van der Waals surface area (Å²) in [7, 11) is 0. The monoisotopic (exact) mass is 265 g/mol. The number of thioether (sulfide) groups is 1. The Labute approximate surface area is 108 Å². The highest BCUT2D eigenvalue weighted by Crippen LogP contribution is 2.36. The van der Waals surface area contributed by atoms with Crippen LogP contribution in [0.25, 0.3) is 0 Å². The van der Waals surface area contributed by atoms with E-state index in [1.165, 1.54) is 17.8 Å². The molecule has 2 aromatic rings. The van der Waals surface area contributed by atoms with Crippen LogP contribution >= 0.6 is 11.8 Å². The lowest BCUT2D eigenvalue weighted by Gasteiger charge is -2.03. The minimum Gasteiger partial charge on any atom is -0.396 e. The molecule has 5 nitrogen and oxygen atoms in total. The maximum atomic E-state index is 13.3. The summed E-state index contributed by atoms with van der Waals surface area (Å²) in [6.45, 7) is 0. The van der Waals surface area contributed by atoms with Crippen LogP contribution in [0.15, 0.2) is 23.4 Å². The molecule has 1 fully saturated rings. The maximum absolute atomic E-state index is 13.3. The molecule has 18 heavy (non-hydrogen) atoms. The summed E-state index contributed by atoms with van der Waals surface area (Å²) >= 11 is 1.51. The van der Waals surface area contributed by atoms with Crippen LogP contribution in [0.2, 0.25) is 0 Å². The highest BCUT2D eigenvalue weighted by molar-refractivity contribution is 7.98. The maximum Gasteiger partial charge on any atom is 0.209 e. The summed E-state index contributed by atoms with van der Waals surface area (Å²) in [5.41, 5.74) is 6.48. The zero-order chi connectivity index (χ0) is 12.5. The van der Waals surface area contributed by atoms with E-state index in [-0.39, 0.29) is 11.5 Å². The molecule has 0 bridgehead atoms. The van der Waals surface area contributed by atoms with Crippen LogP contribution in [-0.2, 0) is 5.75 Å². The Morgan fingerprint density at radius 3 is 3.00 bits per heavy atom. The average molecular weight is 265 g/mol. The first-order valence-corrected chi connectivity index (χ1v) is 6.67. The molecule has 3 rings (SSSR count). The van der Waals surface area contributed by atoms with Gasteiger partial charge in [-0.25, -0.2) is 9.07 Å². The number of rotatable bonds is 4. The SMILES string of the molecule is Nc1ccc(CSc2nnnn2C2CC2)cc1F. The summed E-state index contributed by atoms with van der Waals surface area (Å²) in [6.07, 6.45) is 2.27. The Hall–Kier alpha value is -1.63. The van der Waals surface area contributed by atoms with E-state index in [0.29, 0.717) is 11.8 Å². The van der Waals surface area contributed by atoms with E-state index in [0.717, 1.165) is 23.6 Å². The number of anilines is 1. The highest BCUT2D eigenvalue weighted by Gasteiger charge is 2.27. The van der Waals surface area contributed by atoms with Crippen LogP contribution in [0, 0.1) is 5.82 Å². The quantitative estimate of drug-likeness (QED) is 0.676. The Balaban J connectivity index is 1.69. The number of nitrogen functional groups attached to an aromatic ring is 1. The summed E-state index contributed by atoms with van der Waals surface area (Å²) in [6, 6.07) is 5.30. The molecule has 94 valence electrons. The zero-order valence-electron chi connectivity index (χ0n) is 9.58. The van der Waals surface area contributed by atoms with Crippen molar-refractivity contribution in [3.8, 4) is 0 Å². The van der Waals surface area contributed by atoms with Crippen molar-refractivity contribution in [3.63, 3.8) is 0 Å². The first-order chi connectivity index (χ1) is 8.74. The van der Waals surface area contributed by atoms with Crippen molar-refractivity contribution in [1.82, 2.24) is 20.2 Å². The first-order valence-electron chi connectivity index (χ1n) is 5.68. The smallest absolute Gasteiger partial charge is 0.209 e. The van der Waals surface area contributed by atoms with Gasteiger partial charge in [0.25, 0.3) is 0 Å². The molecule has 0 saturated heterocycles. The summed E-state index contributed by atoms with van der Waals surface area (Å²) in [4.78, 5) is 0. The van der Waals surface area contributed by atoms with E-state index in [1.54, 1.807) is 6.07 Å². The van der Waals surface area contributed by atoms with Gasteiger partial charge in [0, 0.05) is 5.75 Å². The fourth-order valence-electron chi connectivity index (χ4n) is 1.64. The van der Waals surface area contributed by atoms with Gasteiger partial charge in [0.05, 0.1) is 11.7 Å². The van der Waals surface area contributed by atoms with E-state index in [1.807, 2.05) is 10.7 Å². The predicted octanol–water partition coefficient (Wildman–Crippen LogP) is 2.02. The standard InChI is InChI=1S/C11H12FN5S/c12-9-5-7(1-4-10(9)13)6-18-11-14-15-16-17(11)8-2-3-8/h1,4-5,8H,2-3,6,13H2. The van der Waals surface area contributed by atoms with Crippen LogP contribution < -0.4 is 5.73 Å². The molecule has 1 aromatic carbocycles. The third-order valence-corrected chi connectivity index (χ3v) is 3.79. The van der Waals surface area contributed by atoms with Gasteiger partial charge >= 0.3 is 0 Å². The number of hydrogen-bond donors (Lipinski definition) is 1. The Bertz CT molecular complexity index is 566. The van der Waals surface area contributed by atoms with Crippen molar-refractivity contribution < 1.29 is 4.39 Å². The minimum absolute atomic E-state index is 0.173. The highest BCUT2D eigenvalue weighted by atomic mass is 32.2. The Kier molecular flexibility index (Phi) is 2.91. The second-order valence-corrected chi connectivity index (χ2v) is 5.22. The third-order valence-electron chi connectivity index (χ3n) is 2.79. The van der Waals surface area contributed by atoms with Crippen LogP contribution in [0.4, 0.5) is 10.1 Å². The first kappa shape index (κ1) is 11.5. The van der Waals surface area contributed by atoms with E-state index in [9.17, 15) is 4.39 Å². The third kappa shape index (κ3) is 2.31. The number of tetrazole rings is 1. The number of halogens is 1. The van der Waals surface area contributed by atoms with Gasteiger partial charge in [0.1, 0.15) is 5.82 Å². The van der Waals surface area contributed by atoms with Crippen molar-refractivity contribution in [1.29, 1.82) is 0 Å². The van der Waals surface area contributed by atoms with E-state index in [4.69, 9.17) is 5.73 Å². The second kappa shape index (κ2) is 4.56. The van der Waals surface area contributed by atoms with Gasteiger partial charge in [0.15, 0.2) is 0 Å². The predicted molar refractivity (Wildman–Crippen MR) is 66.5 cm³/mol. The molecule has 0 amide bonds. The average Bonchev–Trinajstić information content (AvgIpc) is 3.10. The van der Waals surface area contributed by atoms with Crippen molar-refractivity contribution in [3.05, 3.63) is 29.6 Å². The van der Waals surface area contributed by atoms with Crippen molar-refractivity contribution >= 4 is 17.4 Å². The van der Waals surface area contributed by atoms with E-state index in [2.05, 4.69) is 15.5 Å². The minimum atomic E-state index is -0.380. The molecule has 1 aliphatic rings. The van der Waals surface area contributed by atoms with Crippen LogP contribution in [-0.4, -0.2) is 20.2 Å². The van der Waals surface area contributed by atoms with Gasteiger partial charge in [-0.1, -0.05) is 17.8 Å². The fourth-order valence-corrected chi connectivity index (χ4v) is 2.52. The molecule has 1 heterocycles. The van der Waals surface area contributed by atoms with Crippen molar-refractivity contribution in [2.75, 3.05) is 5.73 Å². The molecule has 1 saturated carbocycles. The van der Waals surface area contributed by atoms with Gasteiger partial charge < -0.3 is 5.73 Å². The zero-order valence-corrected chi connectivity index (χ0v) is 10.4. The Morgan fingerprint density at radius 1 is 1.44 bits per heavy atom. The molecule has 0 spiro atoms. The molecule has 1 aromatic heterocycles. The molecular weight excluding hydrogens is 253 g/mol. The largest absolute Gasteiger partial charge is 0.396 e. The topological polar surface area (TPSA) is 69.6 Å². The second-order valence-electron chi connectivity index (χ2n) is 4.28. The van der Waals surface area contributed by atoms with Crippen LogP contribution in [0.1, 0.15) is 24.4 Å². The van der Waals surface area contributed by atoms with Crippen molar-refractivity contribution in [2.24, 2.45) is 0 Å². The molecule has 0 aliphatic heterocycles. The lowest BCUT2D eigenvalue weighted by molar-refractivity contribution is 0.565. The Morgan fingerprint density at radius 2 is 2.28 bits per heavy atom. The molecular formula is C11H12FN5S. The lowest BCUT2D eigenvalue weighted by atomic mass is 10.2. The molecule has 1 aliphatic carbocycles. The summed E-state index contributed by atoms with van der Waals surface area (Å²) < 4.78 is 15.1. The lowest BCUT2D eigenvalue weighted by Crippen LogP contribution is -1.99. The summed E-state index contributed by atoms with van der Waals surface area (Å²) in [5, 5.41) is 12.4. The van der Waals surface area contributed by atoms with Gasteiger partial charge in [0.2, 0.25) is 5.16 Å². The number of aromatic nitrogens is 4. The molecule has 0 radical (unpaired) electrons. The van der Waals surface area contributed by atoms with Gasteiger partial charge in [-0.2, -0.15) is 0 Å². The number of nitrogens with two attached hydrogens (primary N) is 1. The number of benzene rings is 1. The van der Waals surface area contributed by atoms with Gasteiger partial charge in [-0.05, 0) is 41.0 Å². The number of nitrogens with zero attached hydrogens (tertiary/aromatic N) is 4. The molecule has 7 heteroatoms. The van der Waals surface area contributed by atoms with Crippen LogP contribution in [0.3, 0.4) is 0 Å². The van der Waals surface area contributed by atoms with Gasteiger partial charge in [-0.3, -0.25) is 0 Å². The normalized spacial score (nSPS) is 14.9. The van der Waals surface area contributed by atoms with E-state index >= 15 is 0 Å². The fraction of sp³-hybridized carbons (Fsp3) is 0.364. The summed E-state index contributed by atoms with van der Waals surface area (Å²) in [5.74, 6) is 0.250. The molecule has 2 N–H and O–H groups in total. The molecule has 0 unspecified atom stereocenters. The van der Waals surface area contributed by atoms with Gasteiger partial charge in [-0.15, -0.1) is 5.10 Å². The molecule has 0 atom stereocenters. The van der Waals surface area contributed by atoms with Crippen LogP contribution in [0.5, 0.6) is 0 Å². The van der Waals surface area contributed by atoms with E-state index < -0.39 is 0 Å².